The summed E-state index contributed by atoms with van der Waals surface area (Å²) in [5, 5.41) is 4.95. The van der Waals surface area contributed by atoms with Gasteiger partial charge in [0, 0.05) is 19.7 Å². The molecule has 7 nitrogen and oxygen atoms in total. The molecule has 0 heterocycles. The van der Waals surface area contributed by atoms with E-state index in [1.807, 2.05) is 6.92 Å². The first kappa shape index (κ1) is 21.4. The first-order valence-electron chi connectivity index (χ1n) is 8.27. The van der Waals surface area contributed by atoms with E-state index in [2.05, 4.69) is 10.6 Å². The van der Waals surface area contributed by atoms with Crippen molar-refractivity contribution in [2.45, 2.75) is 58.4 Å². The fourth-order valence-electron chi connectivity index (χ4n) is 2.02. The van der Waals surface area contributed by atoms with E-state index in [9.17, 15) is 14.4 Å². The van der Waals surface area contributed by atoms with Gasteiger partial charge in [-0.2, -0.15) is 0 Å². The van der Waals surface area contributed by atoms with Crippen LogP contribution in [0.2, 0.25) is 0 Å². The first-order valence-corrected chi connectivity index (χ1v) is 8.27. The normalized spacial score (nSPS) is 11.6. The molecule has 0 spiro atoms. The van der Waals surface area contributed by atoms with Gasteiger partial charge in [-0.15, -0.1) is 0 Å². The van der Waals surface area contributed by atoms with E-state index in [-0.39, 0.29) is 18.6 Å². The third-order valence-corrected chi connectivity index (χ3v) is 3.26. The Hall–Kier alpha value is -1.63. The van der Waals surface area contributed by atoms with Gasteiger partial charge in [0.1, 0.15) is 6.61 Å². The topological polar surface area (TPSA) is 93.7 Å². The summed E-state index contributed by atoms with van der Waals surface area (Å²) < 4.78 is 9.96. The second-order valence-corrected chi connectivity index (χ2v) is 5.37. The Morgan fingerprint density at radius 3 is 2.30 bits per heavy atom. The molecule has 0 saturated carbocycles. The summed E-state index contributed by atoms with van der Waals surface area (Å²) in [5.74, 6) is -1.52. The lowest BCUT2D eigenvalue weighted by Crippen LogP contribution is -2.42. The molecule has 0 saturated heterocycles. The highest BCUT2D eigenvalue weighted by atomic mass is 16.6. The Labute approximate surface area is 138 Å². The van der Waals surface area contributed by atoms with Crippen molar-refractivity contribution in [2.24, 2.45) is 0 Å². The van der Waals surface area contributed by atoms with Crippen LogP contribution in [-0.4, -0.2) is 50.7 Å². The van der Waals surface area contributed by atoms with Crippen molar-refractivity contribution in [2.75, 3.05) is 26.9 Å². The van der Waals surface area contributed by atoms with E-state index in [1.165, 1.54) is 7.05 Å². The van der Waals surface area contributed by atoms with Crippen LogP contribution >= 0.6 is 0 Å². The van der Waals surface area contributed by atoms with Gasteiger partial charge in [0.2, 0.25) is 0 Å². The summed E-state index contributed by atoms with van der Waals surface area (Å²) in [6, 6.07) is -0.00675. The van der Waals surface area contributed by atoms with Crippen LogP contribution in [0, 0.1) is 0 Å². The average Bonchev–Trinajstić information content (AvgIpc) is 2.52. The largest absolute Gasteiger partial charge is 0.464 e. The molecule has 2 amide bonds. The summed E-state index contributed by atoms with van der Waals surface area (Å²) in [6.07, 6.45) is 5.96. The van der Waals surface area contributed by atoms with Crippen molar-refractivity contribution in [1.82, 2.24) is 10.6 Å². The first-order chi connectivity index (χ1) is 11.0. The highest BCUT2D eigenvalue weighted by molar-refractivity contribution is 6.35. The lowest BCUT2D eigenvalue weighted by molar-refractivity contribution is -0.148. The Kier molecular flexibility index (Phi) is 13.0. The third-order valence-electron chi connectivity index (χ3n) is 3.26. The number of esters is 1. The van der Waals surface area contributed by atoms with Gasteiger partial charge >= 0.3 is 17.8 Å². The number of hydrogen-bond acceptors (Lipinski definition) is 5. The van der Waals surface area contributed by atoms with Gasteiger partial charge < -0.3 is 20.1 Å². The van der Waals surface area contributed by atoms with E-state index in [1.54, 1.807) is 6.92 Å². The molecule has 1 atom stereocenters. The lowest BCUT2D eigenvalue weighted by atomic mass is 10.1. The van der Waals surface area contributed by atoms with E-state index < -0.39 is 11.8 Å². The molecular weight excluding hydrogens is 300 g/mol. The van der Waals surface area contributed by atoms with E-state index in [0.717, 1.165) is 38.5 Å². The fraction of sp³-hybridized carbons (Fsp3) is 0.812. The minimum absolute atomic E-state index is 0.00675. The molecular formula is C16H30N2O5. The number of ether oxygens (including phenoxy) is 2. The molecule has 0 aromatic heterocycles. The van der Waals surface area contributed by atoms with Gasteiger partial charge in [-0.25, -0.2) is 4.79 Å². The number of unbranched alkanes of at least 4 members (excludes halogenated alkanes) is 4. The zero-order valence-electron chi connectivity index (χ0n) is 14.5. The summed E-state index contributed by atoms with van der Waals surface area (Å²) in [4.78, 5) is 33.4. The molecule has 0 rings (SSSR count). The second kappa shape index (κ2) is 14.0. The number of rotatable bonds is 12. The van der Waals surface area contributed by atoms with Crippen molar-refractivity contribution in [1.29, 1.82) is 0 Å². The SMILES string of the molecule is CCOC(=O)COCCCCCCCC(C)NC(=O)C(=O)NC. The second-order valence-electron chi connectivity index (χ2n) is 5.37. The fourth-order valence-corrected chi connectivity index (χ4v) is 2.02. The minimum atomic E-state index is -0.611. The van der Waals surface area contributed by atoms with Crippen LogP contribution in [0.25, 0.3) is 0 Å². The molecule has 0 aromatic rings. The van der Waals surface area contributed by atoms with E-state index in [4.69, 9.17) is 9.47 Å². The minimum Gasteiger partial charge on any atom is -0.464 e. The van der Waals surface area contributed by atoms with Gasteiger partial charge in [-0.1, -0.05) is 25.7 Å². The van der Waals surface area contributed by atoms with Gasteiger partial charge in [-0.3, -0.25) is 9.59 Å². The van der Waals surface area contributed by atoms with Gasteiger partial charge in [0.25, 0.3) is 0 Å². The molecule has 1 unspecified atom stereocenters. The van der Waals surface area contributed by atoms with Gasteiger partial charge in [-0.05, 0) is 26.7 Å². The van der Waals surface area contributed by atoms with Crippen LogP contribution in [-0.2, 0) is 23.9 Å². The van der Waals surface area contributed by atoms with Crippen molar-refractivity contribution in [3.63, 3.8) is 0 Å². The number of carbonyl (C=O) groups excluding carboxylic acids is 3. The quantitative estimate of drug-likeness (QED) is 0.318. The standard InChI is InChI=1S/C16H30N2O5/c1-4-23-14(19)12-22-11-9-7-5-6-8-10-13(2)18-16(21)15(20)17-3/h13H,4-12H2,1-3H3,(H,17,20)(H,18,21). The monoisotopic (exact) mass is 330 g/mol. The molecule has 0 radical (unpaired) electrons. The smallest absolute Gasteiger partial charge is 0.332 e. The molecule has 0 bridgehead atoms. The highest BCUT2D eigenvalue weighted by Gasteiger charge is 2.13. The molecule has 0 aliphatic carbocycles. The molecule has 0 aliphatic rings. The van der Waals surface area contributed by atoms with E-state index >= 15 is 0 Å². The van der Waals surface area contributed by atoms with Crippen molar-refractivity contribution >= 4 is 17.8 Å². The molecule has 134 valence electrons. The van der Waals surface area contributed by atoms with Crippen LogP contribution in [0.4, 0.5) is 0 Å². The number of nitrogens with one attached hydrogen (secondary N) is 2. The maximum absolute atomic E-state index is 11.3. The van der Waals surface area contributed by atoms with Gasteiger partial charge in [0.15, 0.2) is 0 Å². The Morgan fingerprint density at radius 1 is 1.00 bits per heavy atom. The van der Waals surface area contributed by atoms with Crippen LogP contribution in [0.3, 0.4) is 0 Å². The average molecular weight is 330 g/mol. The zero-order valence-corrected chi connectivity index (χ0v) is 14.5. The number of hydrogen-bond donors (Lipinski definition) is 2. The van der Waals surface area contributed by atoms with Crippen LogP contribution in [0.5, 0.6) is 0 Å². The summed E-state index contributed by atoms with van der Waals surface area (Å²) in [7, 11) is 1.43. The van der Waals surface area contributed by atoms with Crippen LogP contribution < -0.4 is 10.6 Å². The Balaban J connectivity index is 3.40. The number of carbonyl (C=O) groups is 3. The predicted molar refractivity (Wildman–Crippen MR) is 86.8 cm³/mol. The zero-order chi connectivity index (χ0) is 17.5. The molecule has 7 heteroatoms. The van der Waals surface area contributed by atoms with Crippen LogP contribution in [0.1, 0.15) is 52.4 Å². The predicted octanol–water partition coefficient (Wildman–Crippen LogP) is 1.16. The Morgan fingerprint density at radius 2 is 1.65 bits per heavy atom. The Bertz CT molecular complexity index is 360. The molecule has 2 N–H and O–H groups in total. The van der Waals surface area contributed by atoms with E-state index in [0.29, 0.717) is 13.2 Å². The third kappa shape index (κ3) is 12.6. The number of amides is 2. The molecule has 0 fully saturated rings. The van der Waals surface area contributed by atoms with Crippen molar-refractivity contribution in [3.05, 3.63) is 0 Å². The maximum Gasteiger partial charge on any atom is 0.332 e. The van der Waals surface area contributed by atoms with Crippen LogP contribution in [0.15, 0.2) is 0 Å². The van der Waals surface area contributed by atoms with Crippen molar-refractivity contribution in [3.8, 4) is 0 Å². The highest BCUT2D eigenvalue weighted by Crippen LogP contribution is 2.07. The van der Waals surface area contributed by atoms with Crippen molar-refractivity contribution < 1.29 is 23.9 Å². The summed E-state index contributed by atoms with van der Waals surface area (Å²) in [5.41, 5.74) is 0. The molecule has 23 heavy (non-hydrogen) atoms. The number of likely N-dealkylation sites (N-methyl/N-ethyl adjacent to an activating group) is 1. The van der Waals surface area contributed by atoms with Gasteiger partial charge in [0.05, 0.1) is 6.61 Å². The maximum atomic E-state index is 11.3. The lowest BCUT2D eigenvalue weighted by Gasteiger charge is -2.12. The summed E-state index contributed by atoms with van der Waals surface area (Å²) >= 11 is 0. The molecule has 0 aromatic carbocycles. The molecule has 0 aliphatic heterocycles. The summed E-state index contributed by atoms with van der Waals surface area (Å²) in [6.45, 7) is 4.63.